The Morgan fingerprint density at radius 3 is 2.47 bits per heavy atom. The molecule has 0 saturated heterocycles. The van der Waals surface area contributed by atoms with Crippen LogP contribution in [0.3, 0.4) is 0 Å². The Morgan fingerprint density at radius 1 is 1.18 bits per heavy atom. The van der Waals surface area contributed by atoms with E-state index in [1.165, 1.54) is 44.9 Å². The third-order valence-electron chi connectivity index (χ3n) is 4.13. The van der Waals surface area contributed by atoms with Gasteiger partial charge in [-0.3, -0.25) is 4.79 Å². The molecule has 0 heterocycles. The van der Waals surface area contributed by atoms with Crippen LogP contribution >= 0.6 is 0 Å². The van der Waals surface area contributed by atoms with Gasteiger partial charge in [-0.05, 0) is 38.0 Å². The number of nitrogens with one attached hydrogen (secondary N) is 2. The Kier molecular flexibility index (Phi) is 4.84. The maximum Gasteiger partial charge on any atom is 0.234 e. The summed E-state index contributed by atoms with van der Waals surface area (Å²) in [6.45, 7) is 2.70. The zero-order valence-corrected chi connectivity index (χ0v) is 11.0. The molecule has 1 amide bonds. The predicted molar refractivity (Wildman–Crippen MR) is 69.8 cm³/mol. The van der Waals surface area contributed by atoms with Crippen molar-refractivity contribution in [1.29, 1.82) is 0 Å². The molecule has 0 bridgehead atoms. The summed E-state index contributed by atoms with van der Waals surface area (Å²) in [4.78, 5) is 11.8. The summed E-state index contributed by atoms with van der Waals surface area (Å²) in [5.41, 5.74) is 0. The highest BCUT2D eigenvalue weighted by Gasteiger charge is 2.25. The predicted octanol–water partition coefficient (Wildman–Crippen LogP) is 2.21. The molecule has 1 unspecified atom stereocenters. The zero-order chi connectivity index (χ0) is 12.1. The van der Waals surface area contributed by atoms with E-state index in [0.717, 1.165) is 12.3 Å². The van der Waals surface area contributed by atoms with Crippen molar-refractivity contribution in [2.75, 3.05) is 6.54 Å². The molecule has 2 rings (SSSR count). The zero-order valence-electron chi connectivity index (χ0n) is 11.0. The first-order valence-corrected chi connectivity index (χ1v) is 7.32. The van der Waals surface area contributed by atoms with Gasteiger partial charge in [-0.1, -0.05) is 26.2 Å². The number of carbonyl (C=O) groups is 1. The van der Waals surface area contributed by atoms with Gasteiger partial charge in [-0.15, -0.1) is 0 Å². The second kappa shape index (κ2) is 6.39. The van der Waals surface area contributed by atoms with E-state index in [0.29, 0.717) is 18.6 Å². The lowest BCUT2D eigenvalue weighted by molar-refractivity contribution is -0.121. The minimum atomic E-state index is 0.189. The van der Waals surface area contributed by atoms with E-state index in [2.05, 4.69) is 17.6 Å². The van der Waals surface area contributed by atoms with Crippen molar-refractivity contribution in [3.05, 3.63) is 0 Å². The van der Waals surface area contributed by atoms with Crippen molar-refractivity contribution < 1.29 is 4.79 Å². The molecule has 0 spiro atoms. The Bertz CT molecular complexity index is 245. The van der Waals surface area contributed by atoms with Gasteiger partial charge in [0.25, 0.3) is 0 Å². The Morgan fingerprint density at radius 2 is 1.88 bits per heavy atom. The molecular weight excluding hydrogens is 212 g/mol. The van der Waals surface area contributed by atoms with Crippen molar-refractivity contribution in [1.82, 2.24) is 10.6 Å². The van der Waals surface area contributed by atoms with Gasteiger partial charge in [0.05, 0.1) is 6.54 Å². The summed E-state index contributed by atoms with van der Waals surface area (Å²) in [5, 5.41) is 6.49. The molecule has 3 nitrogen and oxygen atoms in total. The van der Waals surface area contributed by atoms with Gasteiger partial charge in [0.2, 0.25) is 5.91 Å². The first-order chi connectivity index (χ1) is 8.29. The molecule has 0 aromatic heterocycles. The van der Waals surface area contributed by atoms with Crippen LogP contribution in [0.1, 0.15) is 58.3 Å². The van der Waals surface area contributed by atoms with Crippen LogP contribution in [0, 0.1) is 5.92 Å². The second-order valence-electron chi connectivity index (χ2n) is 5.64. The van der Waals surface area contributed by atoms with Crippen LogP contribution in [0.5, 0.6) is 0 Å². The van der Waals surface area contributed by atoms with Gasteiger partial charge in [0.1, 0.15) is 0 Å². The molecule has 0 aromatic carbocycles. The fourth-order valence-corrected chi connectivity index (χ4v) is 2.87. The lowest BCUT2D eigenvalue weighted by atomic mass is 9.83. The third kappa shape index (κ3) is 4.30. The summed E-state index contributed by atoms with van der Waals surface area (Å²) in [6.07, 6.45) is 10.2. The van der Waals surface area contributed by atoms with Crippen LogP contribution in [0.25, 0.3) is 0 Å². The van der Waals surface area contributed by atoms with Gasteiger partial charge in [0, 0.05) is 12.1 Å². The molecule has 3 heteroatoms. The van der Waals surface area contributed by atoms with E-state index in [1.54, 1.807) is 0 Å². The average Bonchev–Trinajstić information content (AvgIpc) is 3.18. The van der Waals surface area contributed by atoms with E-state index in [4.69, 9.17) is 0 Å². The van der Waals surface area contributed by atoms with Gasteiger partial charge >= 0.3 is 0 Å². The van der Waals surface area contributed by atoms with Crippen molar-refractivity contribution in [3.8, 4) is 0 Å². The first kappa shape index (κ1) is 12.9. The molecule has 2 aliphatic carbocycles. The fourth-order valence-electron chi connectivity index (χ4n) is 2.87. The number of rotatable bonds is 6. The van der Waals surface area contributed by atoms with Crippen molar-refractivity contribution in [2.24, 2.45) is 5.92 Å². The molecule has 98 valence electrons. The van der Waals surface area contributed by atoms with Gasteiger partial charge in [0.15, 0.2) is 0 Å². The molecule has 1 atom stereocenters. The van der Waals surface area contributed by atoms with E-state index in [-0.39, 0.29) is 5.91 Å². The molecule has 2 N–H and O–H groups in total. The van der Waals surface area contributed by atoms with Crippen molar-refractivity contribution >= 4 is 5.91 Å². The largest absolute Gasteiger partial charge is 0.352 e. The lowest BCUT2D eigenvalue weighted by Crippen LogP contribution is -2.44. The monoisotopic (exact) mass is 238 g/mol. The minimum absolute atomic E-state index is 0.189. The maximum atomic E-state index is 11.8. The third-order valence-corrected chi connectivity index (χ3v) is 4.13. The Labute approximate surface area is 105 Å². The Balaban J connectivity index is 1.70. The smallest absolute Gasteiger partial charge is 0.234 e. The van der Waals surface area contributed by atoms with Crippen LogP contribution in [-0.2, 0) is 4.79 Å². The summed E-state index contributed by atoms with van der Waals surface area (Å²) in [6, 6.07) is 1.03. The average molecular weight is 238 g/mol. The summed E-state index contributed by atoms with van der Waals surface area (Å²) in [5.74, 6) is 0.910. The number of amides is 1. The molecule has 17 heavy (non-hydrogen) atoms. The van der Waals surface area contributed by atoms with Crippen LogP contribution < -0.4 is 10.6 Å². The first-order valence-electron chi connectivity index (χ1n) is 7.32. The molecule has 2 aliphatic rings. The SMILES string of the molecule is CCC(NC(=O)CNC1CC1)C1CCCCC1. The summed E-state index contributed by atoms with van der Waals surface area (Å²) in [7, 11) is 0. The van der Waals surface area contributed by atoms with Crippen LogP contribution in [0.15, 0.2) is 0 Å². The van der Waals surface area contributed by atoms with Gasteiger partial charge < -0.3 is 10.6 Å². The van der Waals surface area contributed by atoms with Crippen molar-refractivity contribution in [2.45, 2.75) is 70.4 Å². The fraction of sp³-hybridized carbons (Fsp3) is 0.929. The molecule has 2 saturated carbocycles. The van der Waals surface area contributed by atoms with Crippen molar-refractivity contribution in [3.63, 3.8) is 0 Å². The standard InChI is InChI=1S/C14H26N2O/c1-2-13(11-6-4-3-5-7-11)16-14(17)10-15-12-8-9-12/h11-13,15H,2-10H2,1H3,(H,16,17). The Hall–Kier alpha value is -0.570. The van der Waals surface area contributed by atoms with E-state index < -0.39 is 0 Å². The van der Waals surface area contributed by atoms with Crippen LogP contribution in [0.4, 0.5) is 0 Å². The van der Waals surface area contributed by atoms with E-state index in [9.17, 15) is 4.79 Å². The molecular formula is C14H26N2O. The molecule has 0 aromatic rings. The van der Waals surface area contributed by atoms with Crippen LogP contribution in [-0.4, -0.2) is 24.5 Å². The summed E-state index contributed by atoms with van der Waals surface area (Å²) >= 11 is 0. The quantitative estimate of drug-likeness (QED) is 0.745. The normalized spacial score (nSPS) is 23.4. The molecule has 2 fully saturated rings. The van der Waals surface area contributed by atoms with Crippen LogP contribution in [0.2, 0.25) is 0 Å². The highest BCUT2D eigenvalue weighted by Crippen LogP contribution is 2.27. The van der Waals surface area contributed by atoms with E-state index >= 15 is 0 Å². The van der Waals surface area contributed by atoms with Gasteiger partial charge in [-0.2, -0.15) is 0 Å². The molecule has 0 radical (unpaired) electrons. The highest BCUT2D eigenvalue weighted by atomic mass is 16.2. The molecule has 0 aliphatic heterocycles. The summed E-state index contributed by atoms with van der Waals surface area (Å²) < 4.78 is 0. The number of hydrogen-bond donors (Lipinski definition) is 2. The number of hydrogen-bond acceptors (Lipinski definition) is 2. The maximum absolute atomic E-state index is 11.8. The lowest BCUT2D eigenvalue weighted by Gasteiger charge is -2.30. The van der Waals surface area contributed by atoms with E-state index in [1.807, 2.05) is 0 Å². The highest BCUT2D eigenvalue weighted by molar-refractivity contribution is 5.78. The second-order valence-corrected chi connectivity index (χ2v) is 5.64. The van der Waals surface area contributed by atoms with Gasteiger partial charge in [-0.25, -0.2) is 0 Å². The topological polar surface area (TPSA) is 41.1 Å². The minimum Gasteiger partial charge on any atom is -0.352 e. The number of carbonyl (C=O) groups excluding carboxylic acids is 1.